The standard InChI is InChI=1S/C23H32N4O3.HI/c1-4-29-12-13-30-21-14-18(2)10-11-20(21)16-26-23(24-3)27-17-22(28)25-15-19-8-6-5-7-9-19;/h5-11,14H,4,12-13,15-17H2,1-3H3,(H,25,28)(H2,24,26,27);1H. The van der Waals surface area contributed by atoms with Crippen molar-refractivity contribution in [3.63, 3.8) is 0 Å². The van der Waals surface area contributed by atoms with Crippen LogP contribution in [-0.2, 0) is 22.6 Å². The Morgan fingerprint density at radius 2 is 1.77 bits per heavy atom. The van der Waals surface area contributed by atoms with E-state index in [0.717, 1.165) is 22.4 Å². The highest BCUT2D eigenvalue weighted by Gasteiger charge is 2.07. The Labute approximate surface area is 202 Å². The van der Waals surface area contributed by atoms with Crippen LogP contribution in [0.15, 0.2) is 53.5 Å². The first kappa shape index (κ1) is 26.7. The molecular weight excluding hydrogens is 507 g/mol. The number of carbonyl (C=O) groups excluding carboxylic acids is 1. The molecule has 31 heavy (non-hydrogen) atoms. The first-order valence-corrected chi connectivity index (χ1v) is 10.2. The van der Waals surface area contributed by atoms with Crippen LogP contribution < -0.4 is 20.7 Å². The van der Waals surface area contributed by atoms with Gasteiger partial charge < -0.3 is 25.4 Å². The van der Waals surface area contributed by atoms with E-state index in [1.165, 1.54) is 0 Å². The van der Waals surface area contributed by atoms with Gasteiger partial charge in [-0.2, -0.15) is 0 Å². The zero-order chi connectivity index (χ0) is 21.6. The zero-order valence-corrected chi connectivity index (χ0v) is 20.8. The quantitative estimate of drug-likeness (QED) is 0.177. The predicted molar refractivity (Wildman–Crippen MR) is 135 cm³/mol. The van der Waals surface area contributed by atoms with E-state index in [4.69, 9.17) is 9.47 Å². The van der Waals surface area contributed by atoms with Crippen molar-refractivity contribution in [3.8, 4) is 5.75 Å². The molecule has 8 heteroatoms. The van der Waals surface area contributed by atoms with Gasteiger partial charge in [0.1, 0.15) is 12.4 Å². The number of halogens is 1. The molecule has 2 rings (SSSR count). The van der Waals surface area contributed by atoms with E-state index in [-0.39, 0.29) is 36.4 Å². The molecule has 2 aromatic carbocycles. The highest BCUT2D eigenvalue weighted by molar-refractivity contribution is 14.0. The molecular formula is C23H33IN4O3. The van der Waals surface area contributed by atoms with E-state index in [1.54, 1.807) is 7.05 Å². The minimum atomic E-state index is -0.0999. The molecule has 2 aromatic rings. The minimum Gasteiger partial charge on any atom is -0.491 e. The molecule has 0 saturated carbocycles. The van der Waals surface area contributed by atoms with Gasteiger partial charge in [0.15, 0.2) is 5.96 Å². The van der Waals surface area contributed by atoms with E-state index in [0.29, 0.717) is 38.9 Å². The second-order valence-corrected chi connectivity index (χ2v) is 6.70. The Morgan fingerprint density at radius 1 is 1.00 bits per heavy atom. The number of rotatable bonds is 11. The Kier molecular flexibility index (Phi) is 13.3. The van der Waals surface area contributed by atoms with Crippen LogP contribution in [0.25, 0.3) is 0 Å². The van der Waals surface area contributed by atoms with Crippen molar-refractivity contribution in [2.75, 3.05) is 33.4 Å². The van der Waals surface area contributed by atoms with E-state index in [2.05, 4.69) is 20.9 Å². The van der Waals surface area contributed by atoms with Crippen LogP contribution in [-0.4, -0.2) is 45.3 Å². The van der Waals surface area contributed by atoms with Crippen molar-refractivity contribution in [2.45, 2.75) is 26.9 Å². The number of hydrogen-bond donors (Lipinski definition) is 3. The molecule has 7 nitrogen and oxygen atoms in total. The molecule has 0 atom stereocenters. The largest absolute Gasteiger partial charge is 0.491 e. The molecule has 0 heterocycles. The molecule has 3 N–H and O–H groups in total. The van der Waals surface area contributed by atoms with Gasteiger partial charge >= 0.3 is 0 Å². The van der Waals surface area contributed by atoms with E-state index < -0.39 is 0 Å². The average Bonchev–Trinajstić information content (AvgIpc) is 2.77. The van der Waals surface area contributed by atoms with Crippen molar-refractivity contribution in [1.29, 1.82) is 0 Å². The van der Waals surface area contributed by atoms with Crippen molar-refractivity contribution >= 4 is 35.8 Å². The summed E-state index contributed by atoms with van der Waals surface area (Å²) < 4.78 is 11.2. The summed E-state index contributed by atoms with van der Waals surface area (Å²) in [7, 11) is 1.67. The fourth-order valence-corrected chi connectivity index (χ4v) is 2.72. The number of carbonyl (C=O) groups is 1. The third-order valence-corrected chi connectivity index (χ3v) is 4.33. The summed E-state index contributed by atoms with van der Waals surface area (Å²) in [6.45, 7) is 6.88. The van der Waals surface area contributed by atoms with Crippen molar-refractivity contribution in [1.82, 2.24) is 16.0 Å². The molecule has 0 aromatic heterocycles. The molecule has 0 aliphatic rings. The lowest BCUT2D eigenvalue weighted by Gasteiger charge is -2.15. The molecule has 0 bridgehead atoms. The summed E-state index contributed by atoms with van der Waals surface area (Å²) in [5, 5.41) is 9.14. The highest BCUT2D eigenvalue weighted by Crippen LogP contribution is 2.20. The summed E-state index contributed by atoms with van der Waals surface area (Å²) >= 11 is 0. The lowest BCUT2D eigenvalue weighted by molar-refractivity contribution is -0.120. The molecule has 0 fully saturated rings. The number of nitrogens with one attached hydrogen (secondary N) is 3. The number of benzene rings is 2. The van der Waals surface area contributed by atoms with Crippen LogP contribution in [0.1, 0.15) is 23.6 Å². The van der Waals surface area contributed by atoms with Gasteiger partial charge in [0.25, 0.3) is 0 Å². The van der Waals surface area contributed by atoms with E-state index >= 15 is 0 Å². The number of ether oxygens (including phenoxy) is 2. The number of nitrogens with zero attached hydrogens (tertiary/aromatic N) is 1. The van der Waals surface area contributed by atoms with E-state index in [9.17, 15) is 4.79 Å². The lowest BCUT2D eigenvalue weighted by Crippen LogP contribution is -2.42. The number of aliphatic imine (C=N–C) groups is 1. The Bertz CT molecular complexity index is 816. The number of amides is 1. The third-order valence-electron chi connectivity index (χ3n) is 4.33. The van der Waals surface area contributed by atoms with Crippen molar-refractivity contribution in [3.05, 3.63) is 65.2 Å². The van der Waals surface area contributed by atoms with Gasteiger partial charge in [0.05, 0.1) is 13.2 Å². The van der Waals surface area contributed by atoms with Crippen molar-refractivity contribution < 1.29 is 14.3 Å². The maximum absolute atomic E-state index is 12.1. The van der Waals surface area contributed by atoms with Gasteiger partial charge in [0, 0.05) is 32.3 Å². The molecule has 0 saturated heterocycles. The average molecular weight is 540 g/mol. The van der Waals surface area contributed by atoms with Crippen LogP contribution >= 0.6 is 24.0 Å². The van der Waals surface area contributed by atoms with Gasteiger partial charge in [-0.25, -0.2) is 0 Å². The van der Waals surface area contributed by atoms with Crippen LogP contribution in [0.4, 0.5) is 0 Å². The summed E-state index contributed by atoms with van der Waals surface area (Å²) in [4.78, 5) is 16.3. The normalized spacial score (nSPS) is 10.7. The SMILES string of the molecule is CCOCCOc1cc(C)ccc1CNC(=NC)NCC(=O)NCc1ccccc1.I. The van der Waals surface area contributed by atoms with Gasteiger partial charge in [-0.3, -0.25) is 9.79 Å². The Balaban J connectivity index is 0.00000480. The summed E-state index contributed by atoms with van der Waals surface area (Å²) in [6.07, 6.45) is 0. The number of aryl methyl sites for hydroxylation is 1. The fraction of sp³-hybridized carbons (Fsp3) is 0.391. The predicted octanol–water partition coefficient (Wildman–Crippen LogP) is 3.01. The topological polar surface area (TPSA) is 84.0 Å². The lowest BCUT2D eigenvalue weighted by atomic mass is 10.1. The molecule has 170 valence electrons. The second-order valence-electron chi connectivity index (χ2n) is 6.70. The van der Waals surface area contributed by atoms with Crippen LogP contribution in [0.3, 0.4) is 0 Å². The fourth-order valence-electron chi connectivity index (χ4n) is 2.72. The highest BCUT2D eigenvalue weighted by atomic mass is 127. The van der Waals surface area contributed by atoms with Crippen molar-refractivity contribution in [2.24, 2.45) is 4.99 Å². The number of hydrogen-bond acceptors (Lipinski definition) is 4. The second kappa shape index (κ2) is 15.5. The van der Waals surface area contributed by atoms with E-state index in [1.807, 2.05) is 62.4 Å². The maximum Gasteiger partial charge on any atom is 0.239 e. The monoisotopic (exact) mass is 540 g/mol. The van der Waals surface area contributed by atoms with Gasteiger partial charge in [-0.15, -0.1) is 24.0 Å². The molecule has 0 aliphatic carbocycles. The van der Waals surface area contributed by atoms with Gasteiger partial charge in [-0.05, 0) is 31.0 Å². The van der Waals surface area contributed by atoms with Crippen LogP contribution in [0.5, 0.6) is 5.75 Å². The summed E-state index contributed by atoms with van der Waals surface area (Å²) in [5.74, 6) is 1.26. The Morgan fingerprint density at radius 3 is 2.48 bits per heavy atom. The minimum absolute atomic E-state index is 0. The molecule has 1 amide bonds. The first-order valence-electron chi connectivity index (χ1n) is 10.2. The first-order chi connectivity index (χ1) is 14.6. The van der Waals surface area contributed by atoms with Crippen LogP contribution in [0, 0.1) is 6.92 Å². The molecule has 0 radical (unpaired) electrons. The molecule has 0 spiro atoms. The molecule has 0 aliphatic heterocycles. The van der Waals surface area contributed by atoms with Gasteiger partial charge in [0.2, 0.25) is 5.91 Å². The molecule has 0 unspecified atom stereocenters. The summed E-state index contributed by atoms with van der Waals surface area (Å²) in [6, 6.07) is 15.9. The van der Waals surface area contributed by atoms with Gasteiger partial charge in [-0.1, -0.05) is 42.5 Å². The number of guanidine groups is 1. The smallest absolute Gasteiger partial charge is 0.239 e. The zero-order valence-electron chi connectivity index (χ0n) is 18.4. The van der Waals surface area contributed by atoms with Crippen LogP contribution in [0.2, 0.25) is 0 Å². The Hall–Kier alpha value is -2.33. The maximum atomic E-state index is 12.1. The third kappa shape index (κ3) is 10.5. The summed E-state index contributed by atoms with van der Waals surface area (Å²) in [5.41, 5.74) is 3.20.